The molecule has 9 heavy (non-hydrogen) atoms. The molecule has 2 nitrogen and oxygen atoms in total. The van der Waals surface area contributed by atoms with Crippen LogP contribution >= 0.6 is 0 Å². The Morgan fingerprint density at radius 3 is 2.67 bits per heavy atom. The van der Waals surface area contributed by atoms with Crippen LogP contribution in [0.2, 0.25) is 0 Å². The number of hydrogen-bond acceptors (Lipinski definition) is 2. The van der Waals surface area contributed by atoms with Crippen LogP contribution in [-0.4, -0.2) is 18.0 Å². The van der Waals surface area contributed by atoms with E-state index in [0.717, 1.165) is 19.1 Å². The Labute approximate surface area is 55.9 Å². The first-order valence-electron chi connectivity index (χ1n) is 3.39. The van der Waals surface area contributed by atoms with Crippen molar-refractivity contribution in [2.24, 2.45) is 5.92 Å². The summed E-state index contributed by atoms with van der Waals surface area (Å²) in [6.07, 6.45) is 3.37. The summed E-state index contributed by atoms with van der Waals surface area (Å²) in [6.45, 7) is 2.19. The third-order valence-corrected chi connectivity index (χ3v) is 1.38. The van der Waals surface area contributed by atoms with E-state index in [1.165, 1.54) is 0 Å². The lowest BCUT2D eigenvalue weighted by molar-refractivity contribution is -0.109. The van der Waals surface area contributed by atoms with Gasteiger partial charge in [-0.1, -0.05) is 13.3 Å². The van der Waals surface area contributed by atoms with Crippen LogP contribution in [0, 0.1) is 5.92 Å². The molecule has 0 aliphatic rings. The van der Waals surface area contributed by atoms with E-state index in [-0.39, 0.29) is 12.5 Å². The van der Waals surface area contributed by atoms with Gasteiger partial charge in [0.1, 0.15) is 6.29 Å². The minimum atomic E-state index is 0.145. The summed E-state index contributed by atoms with van der Waals surface area (Å²) >= 11 is 0. The van der Waals surface area contributed by atoms with E-state index in [1.807, 2.05) is 6.92 Å². The Balaban J connectivity index is 3.28. The SMILES string of the molecule is CCCC(CO)CC=O. The molecule has 0 amide bonds. The summed E-state index contributed by atoms with van der Waals surface area (Å²) in [6, 6.07) is 0. The van der Waals surface area contributed by atoms with Crippen LogP contribution in [0.1, 0.15) is 26.2 Å². The molecule has 1 atom stereocenters. The maximum Gasteiger partial charge on any atom is 0.120 e. The zero-order valence-corrected chi connectivity index (χ0v) is 5.84. The molecule has 54 valence electrons. The van der Waals surface area contributed by atoms with E-state index in [0.29, 0.717) is 6.42 Å². The maximum absolute atomic E-state index is 9.94. The fraction of sp³-hybridized carbons (Fsp3) is 0.857. The van der Waals surface area contributed by atoms with Gasteiger partial charge in [0.25, 0.3) is 0 Å². The molecule has 1 unspecified atom stereocenters. The van der Waals surface area contributed by atoms with E-state index < -0.39 is 0 Å². The molecule has 0 rings (SSSR count). The molecule has 0 saturated carbocycles. The molecule has 0 fully saturated rings. The Morgan fingerprint density at radius 1 is 1.67 bits per heavy atom. The number of aliphatic hydroxyl groups is 1. The highest BCUT2D eigenvalue weighted by Crippen LogP contribution is 2.07. The highest BCUT2D eigenvalue weighted by Gasteiger charge is 2.03. The fourth-order valence-corrected chi connectivity index (χ4v) is 0.828. The Bertz CT molecular complexity index is 71.3. The molecule has 2 heteroatoms. The summed E-state index contributed by atoms with van der Waals surface area (Å²) in [5.74, 6) is 0.201. The first-order chi connectivity index (χ1) is 4.35. The van der Waals surface area contributed by atoms with Gasteiger partial charge in [0.15, 0.2) is 0 Å². The van der Waals surface area contributed by atoms with Crippen LogP contribution in [0.15, 0.2) is 0 Å². The van der Waals surface area contributed by atoms with E-state index in [2.05, 4.69) is 0 Å². The first-order valence-corrected chi connectivity index (χ1v) is 3.39. The number of aliphatic hydroxyl groups excluding tert-OH is 1. The van der Waals surface area contributed by atoms with Crippen molar-refractivity contribution >= 4 is 6.29 Å². The molecule has 0 aliphatic heterocycles. The minimum absolute atomic E-state index is 0.145. The second kappa shape index (κ2) is 5.76. The highest BCUT2D eigenvalue weighted by molar-refractivity contribution is 5.49. The molecule has 0 saturated heterocycles. The number of carbonyl (C=O) groups is 1. The van der Waals surface area contributed by atoms with Crippen molar-refractivity contribution in [1.82, 2.24) is 0 Å². The Hall–Kier alpha value is -0.370. The van der Waals surface area contributed by atoms with Gasteiger partial charge in [0.2, 0.25) is 0 Å². The largest absolute Gasteiger partial charge is 0.396 e. The van der Waals surface area contributed by atoms with Gasteiger partial charge in [0, 0.05) is 13.0 Å². The molecule has 0 bridgehead atoms. The van der Waals surface area contributed by atoms with Crippen molar-refractivity contribution in [1.29, 1.82) is 0 Å². The molecule has 0 aliphatic carbocycles. The van der Waals surface area contributed by atoms with Crippen LogP contribution in [-0.2, 0) is 4.79 Å². The van der Waals surface area contributed by atoms with Crippen molar-refractivity contribution in [2.75, 3.05) is 6.61 Å². The normalized spacial score (nSPS) is 13.1. The predicted octanol–water partition coefficient (Wildman–Crippen LogP) is 0.984. The second-order valence-corrected chi connectivity index (χ2v) is 2.24. The van der Waals surface area contributed by atoms with Gasteiger partial charge in [-0.15, -0.1) is 0 Å². The lowest BCUT2D eigenvalue weighted by atomic mass is 10.0. The summed E-state index contributed by atoms with van der Waals surface area (Å²) in [5, 5.41) is 8.63. The van der Waals surface area contributed by atoms with Crippen LogP contribution in [0.4, 0.5) is 0 Å². The topological polar surface area (TPSA) is 37.3 Å². The Morgan fingerprint density at radius 2 is 2.33 bits per heavy atom. The summed E-state index contributed by atoms with van der Waals surface area (Å²) in [7, 11) is 0. The molecule has 0 spiro atoms. The van der Waals surface area contributed by atoms with E-state index >= 15 is 0 Å². The quantitative estimate of drug-likeness (QED) is 0.563. The lowest BCUT2D eigenvalue weighted by Gasteiger charge is -2.06. The number of carbonyl (C=O) groups excluding carboxylic acids is 1. The number of hydrogen-bond donors (Lipinski definition) is 1. The number of aldehydes is 1. The highest BCUT2D eigenvalue weighted by atomic mass is 16.3. The van der Waals surface area contributed by atoms with E-state index in [9.17, 15) is 4.79 Å². The van der Waals surface area contributed by atoms with Gasteiger partial charge in [-0.3, -0.25) is 0 Å². The molecular formula is C7H14O2. The van der Waals surface area contributed by atoms with Gasteiger partial charge >= 0.3 is 0 Å². The smallest absolute Gasteiger partial charge is 0.120 e. The molecule has 1 N–H and O–H groups in total. The minimum Gasteiger partial charge on any atom is -0.396 e. The van der Waals surface area contributed by atoms with Crippen LogP contribution in [0.3, 0.4) is 0 Å². The summed E-state index contributed by atoms with van der Waals surface area (Å²) in [4.78, 5) is 9.94. The van der Waals surface area contributed by atoms with Crippen molar-refractivity contribution < 1.29 is 9.90 Å². The maximum atomic E-state index is 9.94. The van der Waals surface area contributed by atoms with Crippen LogP contribution < -0.4 is 0 Å². The van der Waals surface area contributed by atoms with Crippen molar-refractivity contribution in [3.8, 4) is 0 Å². The Kier molecular flexibility index (Phi) is 5.52. The third kappa shape index (κ3) is 4.15. The van der Waals surface area contributed by atoms with Crippen molar-refractivity contribution in [3.05, 3.63) is 0 Å². The van der Waals surface area contributed by atoms with E-state index in [1.54, 1.807) is 0 Å². The monoisotopic (exact) mass is 130 g/mol. The molecular weight excluding hydrogens is 116 g/mol. The summed E-state index contributed by atoms with van der Waals surface area (Å²) in [5.41, 5.74) is 0. The zero-order valence-electron chi connectivity index (χ0n) is 5.84. The zero-order chi connectivity index (χ0) is 7.11. The van der Waals surface area contributed by atoms with E-state index in [4.69, 9.17) is 5.11 Å². The summed E-state index contributed by atoms with van der Waals surface area (Å²) < 4.78 is 0. The molecule has 0 aromatic carbocycles. The predicted molar refractivity (Wildman–Crippen MR) is 36.2 cm³/mol. The van der Waals surface area contributed by atoms with Crippen molar-refractivity contribution in [3.63, 3.8) is 0 Å². The molecule has 0 aromatic heterocycles. The second-order valence-electron chi connectivity index (χ2n) is 2.24. The standard InChI is InChI=1S/C7H14O2/c1-2-3-7(6-9)4-5-8/h5,7,9H,2-4,6H2,1H3. The molecule has 0 radical (unpaired) electrons. The lowest BCUT2D eigenvalue weighted by Crippen LogP contribution is -2.05. The fourth-order valence-electron chi connectivity index (χ4n) is 0.828. The third-order valence-electron chi connectivity index (χ3n) is 1.38. The van der Waals surface area contributed by atoms with Gasteiger partial charge in [-0.25, -0.2) is 0 Å². The van der Waals surface area contributed by atoms with Gasteiger partial charge in [-0.2, -0.15) is 0 Å². The van der Waals surface area contributed by atoms with Crippen LogP contribution in [0.25, 0.3) is 0 Å². The molecule has 0 heterocycles. The average molecular weight is 130 g/mol. The first kappa shape index (κ1) is 8.63. The van der Waals surface area contributed by atoms with Gasteiger partial charge in [-0.05, 0) is 12.3 Å². The van der Waals surface area contributed by atoms with Gasteiger partial charge in [0.05, 0.1) is 0 Å². The number of rotatable bonds is 5. The average Bonchev–Trinajstić information content (AvgIpc) is 1.88. The van der Waals surface area contributed by atoms with Gasteiger partial charge < -0.3 is 9.90 Å². The van der Waals surface area contributed by atoms with Crippen molar-refractivity contribution in [2.45, 2.75) is 26.2 Å². The molecule has 0 aromatic rings. The van der Waals surface area contributed by atoms with Crippen LogP contribution in [0.5, 0.6) is 0 Å².